The molecule has 0 saturated carbocycles. The molecule has 2 aromatic carbocycles. The van der Waals surface area contributed by atoms with E-state index >= 15 is 0 Å². The Bertz CT molecular complexity index is 580. The molecule has 0 fully saturated rings. The van der Waals surface area contributed by atoms with Crippen LogP contribution in [0.2, 0.25) is 10.0 Å². The fourth-order valence-electron chi connectivity index (χ4n) is 1.60. The topological polar surface area (TPSA) is 55.2 Å². The summed E-state index contributed by atoms with van der Waals surface area (Å²) in [6.07, 6.45) is 0. The molecule has 19 heavy (non-hydrogen) atoms. The van der Waals surface area contributed by atoms with E-state index in [0.717, 1.165) is 11.3 Å². The first-order chi connectivity index (χ1) is 9.04. The molecular weight excluding hydrogens is 287 g/mol. The number of anilines is 1. The SMILES string of the molecule is O=[N+]([O-])c1ccc(CNc2cc(Cl)cc(Cl)c2)cc1. The summed E-state index contributed by atoms with van der Waals surface area (Å²) in [6.45, 7) is 0.536. The predicted molar refractivity (Wildman–Crippen MR) is 76.9 cm³/mol. The molecule has 2 aromatic rings. The highest BCUT2D eigenvalue weighted by Gasteiger charge is 2.04. The second-order valence-electron chi connectivity index (χ2n) is 3.94. The van der Waals surface area contributed by atoms with Crippen LogP contribution in [0.3, 0.4) is 0 Å². The molecule has 0 aliphatic heterocycles. The van der Waals surface area contributed by atoms with E-state index in [2.05, 4.69) is 5.32 Å². The zero-order valence-electron chi connectivity index (χ0n) is 9.77. The van der Waals surface area contributed by atoms with Crippen LogP contribution in [0.4, 0.5) is 11.4 Å². The van der Waals surface area contributed by atoms with Crippen LogP contribution in [0.1, 0.15) is 5.56 Å². The predicted octanol–water partition coefficient (Wildman–Crippen LogP) is 4.51. The van der Waals surface area contributed by atoms with E-state index in [9.17, 15) is 10.1 Å². The molecule has 0 radical (unpaired) electrons. The van der Waals surface area contributed by atoms with Crippen molar-refractivity contribution >= 4 is 34.6 Å². The Morgan fingerprint density at radius 2 is 1.63 bits per heavy atom. The smallest absolute Gasteiger partial charge is 0.269 e. The highest BCUT2D eigenvalue weighted by Crippen LogP contribution is 2.23. The summed E-state index contributed by atoms with van der Waals surface area (Å²) in [6, 6.07) is 11.5. The second-order valence-corrected chi connectivity index (χ2v) is 4.81. The standard InChI is InChI=1S/C13H10Cl2N2O2/c14-10-5-11(15)7-12(6-10)16-8-9-1-3-13(4-2-9)17(18)19/h1-7,16H,8H2. The van der Waals surface area contributed by atoms with Crippen LogP contribution in [0.5, 0.6) is 0 Å². The Balaban J connectivity index is 2.03. The van der Waals surface area contributed by atoms with Crippen LogP contribution < -0.4 is 5.32 Å². The first kappa shape index (κ1) is 13.6. The molecule has 0 saturated heterocycles. The van der Waals surface area contributed by atoms with Gasteiger partial charge in [-0.3, -0.25) is 10.1 Å². The number of benzene rings is 2. The maximum absolute atomic E-state index is 10.5. The van der Waals surface area contributed by atoms with Crippen LogP contribution in [-0.2, 0) is 6.54 Å². The summed E-state index contributed by atoms with van der Waals surface area (Å²) in [5.74, 6) is 0. The number of nitrogens with zero attached hydrogens (tertiary/aromatic N) is 1. The first-order valence-electron chi connectivity index (χ1n) is 5.48. The summed E-state index contributed by atoms with van der Waals surface area (Å²) < 4.78 is 0. The molecule has 0 aliphatic rings. The molecule has 0 atom stereocenters. The van der Waals surface area contributed by atoms with E-state index in [1.807, 2.05) is 0 Å². The molecule has 0 amide bonds. The minimum Gasteiger partial charge on any atom is -0.381 e. The lowest BCUT2D eigenvalue weighted by molar-refractivity contribution is -0.384. The number of nitrogens with one attached hydrogen (secondary N) is 1. The van der Waals surface area contributed by atoms with Crippen molar-refractivity contribution in [2.24, 2.45) is 0 Å². The Morgan fingerprint density at radius 1 is 1.05 bits per heavy atom. The van der Waals surface area contributed by atoms with Gasteiger partial charge in [0.2, 0.25) is 0 Å². The summed E-state index contributed by atoms with van der Waals surface area (Å²) >= 11 is 11.8. The zero-order chi connectivity index (χ0) is 13.8. The van der Waals surface area contributed by atoms with Crippen molar-refractivity contribution in [1.82, 2.24) is 0 Å². The molecule has 0 heterocycles. The van der Waals surface area contributed by atoms with Crippen LogP contribution >= 0.6 is 23.2 Å². The molecule has 0 aromatic heterocycles. The van der Waals surface area contributed by atoms with Crippen molar-refractivity contribution in [3.8, 4) is 0 Å². The van der Waals surface area contributed by atoms with Crippen molar-refractivity contribution in [3.63, 3.8) is 0 Å². The third-order valence-electron chi connectivity index (χ3n) is 2.51. The summed E-state index contributed by atoms with van der Waals surface area (Å²) in [4.78, 5) is 10.1. The van der Waals surface area contributed by atoms with Gasteiger partial charge >= 0.3 is 0 Å². The van der Waals surface area contributed by atoms with Gasteiger partial charge in [-0.2, -0.15) is 0 Å². The van der Waals surface area contributed by atoms with Crippen molar-refractivity contribution in [3.05, 3.63) is 68.2 Å². The van der Waals surface area contributed by atoms with Crippen molar-refractivity contribution in [2.75, 3.05) is 5.32 Å². The normalized spacial score (nSPS) is 10.2. The van der Waals surface area contributed by atoms with E-state index in [1.54, 1.807) is 30.3 Å². The maximum atomic E-state index is 10.5. The molecule has 98 valence electrons. The van der Waals surface area contributed by atoms with Gasteiger partial charge in [-0.25, -0.2) is 0 Å². The first-order valence-corrected chi connectivity index (χ1v) is 6.23. The number of hydrogen-bond acceptors (Lipinski definition) is 3. The van der Waals surface area contributed by atoms with Gasteiger partial charge in [0, 0.05) is 34.4 Å². The van der Waals surface area contributed by atoms with E-state index in [0.29, 0.717) is 16.6 Å². The number of halogens is 2. The van der Waals surface area contributed by atoms with Gasteiger partial charge in [-0.15, -0.1) is 0 Å². The Labute approximate surface area is 120 Å². The molecule has 0 spiro atoms. The molecule has 6 heteroatoms. The van der Waals surface area contributed by atoms with Gasteiger partial charge in [0.1, 0.15) is 0 Å². The molecule has 0 bridgehead atoms. The van der Waals surface area contributed by atoms with E-state index < -0.39 is 4.92 Å². The van der Waals surface area contributed by atoms with E-state index in [-0.39, 0.29) is 5.69 Å². The third-order valence-corrected chi connectivity index (χ3v) is 2.94. The summed E-state index contributed by atoms with van der Waals surface area (Å²) in [5, 5.41) is 14.8. The quantitative estimate of drug-likeness (QED) is 0.667. The molecule has 0 aliphatic carbocycles. The third kappa shape index (κ3) is 3.84. The highest BCUT2D eigenvalue weighted by atomic mass is 35.5. The average Bonchev–Trinajstić information content (AvgIpc) is 2.36. The molecule has 0 unspecified atom stereocenters. The van der Waals surface area contributed by atoms with Crippen LogP contribution in [0.25, 0.3) is 0 Å². The maximum Gasteiger partial charge on any atom is 0.269 e. The monoisotopic (exact) mass is 296 g/mol. The van der Waals surface area contributed by atoms with Gasteiger partial charge in [0.05, 0.1) is 4.92 Å². The molecule has 2 rings (SSSR count). The Morgan fingerprint density at radius 3 is 2.16 bits per heavy atom. The van der Waals surface area contributed by atoms with E-state index in [1.165, 1.54) is 12.1 Å². The van der Waals surface area contributed by atoms with Crippen LogP contribution in [0, 0.1) is 10.1 Å². The lowest BCUT2D eigenvalue weighted by atomic mass is 10.2. The van der Waals surface area contributed by atoms with Gasteiger partial charge in [-0.1, -0.05) is 35.3 Å². The highest BCUT2D eigenvalue weighted by molar-refractivity contribution is 6.35. The number of nitro benzene ring substituents is 1. The second kappa shape index (κ2) is 5.91. The van der Waals surface area contributed by atoms with E-state index in [4.69, 9.17) is 23.2 Å². The lowest BCUT2D eigenvalue weighted by Crippen LogP contribution is -1.99. The summed E-state index contributed by atoms with van der Waals surface area (Å²) in [5.41, 5.74) is 1.81. The lowest BCUT2D eigenvalue weighted by Gasteiger charge is -2.07. The minimum atomic E-state index is -0.423. The Hall–Kier alpha value is -1.78. The average molecular weight is 297 g/mol. The number of nitro groups is 1. The van der Waals surface area contributed by atoms with Crippen molar-refractivity contribution in [2.45, 2.75) is 6.54 Å². The number of hydrogen-bond donors (Lipinski definition) is 1. The zero-order valence-corrected chi connectivity index (χ0v) is 11.3. The number of non-ortho nitro benzene ring substituents is 1. The van der Waals surface area contributed by atoms with Crippen molar-refractivity contribution < 1.29 is 4.92 Å². The Kier molecular flexibility index (Phi) is 4.24. The number of rotatable bonds is 4. The fraction of sp³-hybridized carbons (Fsp3) is 0.0769. The van der Waals surface area contributed by atoms with Gasteiger partial charge in [-0.05, 0) is 23.8 Å². The molecule has 1 N–H and O–H groups in total. The van der Waals surface area contributed by atoms with Crippen molar-refractivity contribution in [1.29, 1.82) is 0 Å². The fourth-order valence-corrected chi connectivity index (χ4v) is 2.12. The molecular formula is C13H10Cl2N2O2. The summed E-state index contributed by atoms with van der Waals surface area (Å²) in [7, 11) is 0. The molecule has 4 nitrogen and oxygen atoms in total. The minimum absolute atomic E-state index is 0.0783. The van der Waals surface area contributed by atoms with Gasteiger partial charge in [0.25, 0.3) is 5.69 Å². The van der Waals surface area contributed by atoms with Gasteiger partial charge < -0.3 is 5.32 Å². The van der Waals surface area contributed by atoms with Crippen LogP contribution in [-0.4, -0.2) is 4.92 Å². The largest absolute Gasteiger partial charge is 0.381 e. The van der Waals surface area contributed by atoms with Crippen LogP contribution in [0.15, 0.2) is 42.5 Å². The van der Waals surface area contributed by atoms with Gasteiger partial charge in [0.15, 0.2) is 0 Å².